The average Bonchev–Trinajstić information content (AvgIpc) is 3.07. The Hall–Kier alpha value is -1.78. The van der Waals surface area contributed by atoms with E-state index in [2.05, 4.69) is 9.88 Å². The SMILES string of the molecule is Fc1cccc(CCN(Cc2ccccn2)CC2CCCO2)c1. The van der Waals surface area contributed by atoms with Gasteiger partial charge in [-0.15, -0.1) is 0 Å². The molecule has 1 aromatic heterocycles. The van der Waals surface area contributed by atoms with Gasteiger partial charge in [-0.1, -0.05) is 18.2 Å². The van der Waals surface area contributed by atoms with Crippen LogP contribution in [0.3, 0.4) is 0 Å². The maximum absolute atomic E-state index is 13.3. The van der Waals surface area contributed by atoms with Gasteiger partial charge in [0.25, 0.3) is 0 Å². The van der Waals surface area contributed by atoms with Crippen LogP contribution in [-0.2, 0) is 17.7 Å². The number of ether oxygens (including phenoxy) is 1. The summed E-state index contributed by atoms with van der Waals surface area (Å²) in [5, 5.41) is 0. The molecule has 4 heteroatoms. The van der Waals surface area contributed by atoms with Gasteiger partial charge in [-0.3, -0.25) is 9.88 Å². The molecular weight excluding hydrogens is 291 g/mol. The fourth-order valence-corrected chi connectivity index (χ4v) is 3.01. The summed E-state index contributed by atoms with van der Waals surface area (Å²) >= 11 is 0. The summed E-state index contributed by atoms with van der Waals surface area (Å²) in [6.45, 7) is 3.45. The number of hydrogen-bond acceptors (Lipinski definition) is 3. The molecule has 2 aromatic rings. The third-order valence-corrected chi connectivity index (χ3v) is 4.20. The highest BCUT2D eigenvalue weighted by molar-refractivity contribution is 5.16. The highest BCUT2D eigenvalue weighted by Gasteiger charge is 2.19. The molecule has 0 saturated carbocycles. The lowest BCUT2D eigenvalue weighted by Crippen LogP contribution is -2.33. The summed E-state index contributed by atoms with van der Waals surface area (Å²) in [5.74, 6) is -0.169. The quantitative estimate of drug-likeness (QED) is 0.783. The number of rotatable bonds is 7. The van der Waals surface area contributed by atoms with E-state index < -0.39 is 0 Å². The highest BCUT2D eigenvalue weighted by Crippen LogP contribution is 2.15. The highest BCUT2D eigenvalue weighted by atomic mass is 19.1. The largest absolute Gasteiger partial charge is 0.377 e. The van der Waals surface area contributed by atoms with Crippen LogP contribution in [0.2, 0.25) is 0 Å². The molecule has 0 spiro atoms. The molecule has 2 heterocycles. The van der Waals surface area contributed by atoms with Gasteiger partial charge in [0, 0.05) is 32.4 Å². The number of pyridine rings is 1. The first kappa shape index (κ1) is 16.1. The van der Waals surface area contributed by atoms with Crippen molar-refractivity contribution in [2.24, 2.45) is 0 Å². The number of nitrogens with zero attached hydrogens (tertiary/aromatic N) is 2. The van der Waals surface area contributed by atoms with E-state index in [0.29, 0.717) is 6.10 Å². The van der Waals surface area contributed by atoms with Gasteiger partial charge < -0.3 is 4.74 Å². The molecule has 1 aliphatic rings. The predicted molar refractivity (Wildman–Crippen MR) is 88.6 cm³/mol. The van der Waals surface area contributed by atoms with Gasteiger partial charge in [-0.25, -0.2) is 4.39 Å². The van der Waals surface area contributed by atoms with E-state index in [9.17, 15) is 4.39 Å². The molecule has 1 fully saturated rings. The molecule has 0 aliphatic carbocycles. The standard InChI is InChI=1S/C19H23FN2O/c20-17-6-3-5-16(13-17)9-11-22(15-19-8-4-12-23-19)14-18-7-1-2-10-21-18/h1-3,5-7,10,13,19H,4,8-9,11-12,14-15H2. The van der Waals surface area contributed by atoms with E-state index in [-0.39, 0.29) is 5.82 Å². The monoisotopic (exact) mass is 314 g/mol. The third-order valence-electron chi connectivity index (χ3n) is 4.20. The van der Waals surface area contributed by atoms with Gasteiger partial charge in [-0.05, 0) is 49.1 Å². The van der Waals surface area contributed by atoms with Gasteiger partial charge in [0.2, 0.25) is 0 Å². The van der Waals surface area contributed by atoms with Crippen LogP contribution in [0.5, 0.6) is 0 Å². The van der Waals surface area contributed by atoms with E-state index in [4.69, 9.17) is 4.74 Å². The van der Waals surface area contributed by atoms with Crippen LogP contribution in [-0.4, -0.2) is 35.7 Å². The fraction of sp³-hybridized carbons (Fsp3) is 0.421. The first-order valence-electron chi connectivity index (χ1n) is 8.28. The number of benzene rings is 1. The molecule has 1 aliphatic heterocycles. The van der Waals surface area contributed by atoms with Crippen LogP contribution in [0, 0.1) is 5.82 Å². The summed E-state index contributed by atoms with van der Waals surface area (Å²) in [6.07, 6.45) is 5.24. The average molecular weight is 314 g/mol. The van der Waals surface area contributed by atoms with Crippen molar-refractivity contribution in [1.82, 2.24) is 9.88 Å². The maximum atomic E-state index is 13.3. The Kier molecular flexibility index (Phi) is 5.72. The zero-order valence-electron chi connectivity index (χ0n) is 13.3. The van der Waals surface area contributed by atoms with E-state index >= 15 is 0 Å². The molecule has 23 heavy (non-hydrogen) atoms. The lowest BCUT2D eigenvalue weighted by atomic mass is 10.1. The smallest absolute Gasteiger partial charge is 0.123 e. The molecule has 1 saturated heterocycles. The van der Waals surface area contributed by atoms with E-state index in [1.54, 1.807) is 12.1 Å². The Bertz CT molecular complexity index is 599. The summed E-state index contributed by atoms with van der Waals surface area (Å²) < 4.78 is 19.1. The fourth-order valence-electron chi connectivity index (χ4n) is 3.01. The Morgan fingerprint density at radius 2 is 2.17 bits per heavy atom. The number of halogens is 1. The predicted octanol–water partition coefficient (Wildman–Crippen LogP) is 3.44. The summed E-state index contributed by atoms with van der Waals surface area (Å²) in [6, 6.07) is 12.8. The van der Waals surface area contributed by atoms with Crippen LogP contribution < -0.4 is 0 Å². The van der Waals surface area contributed by atoms with Crippen molar-refractivity contribution in [3.8, 4) is 0 Å². The molecule has 0 N–H and O–H groups in total. The minimum atomic E-state index is -0.169. The number of hydrogen-bond donors (Lipinski definition) is 0. The van der Waals surface area contributed by atoms with Crippen LogP contribution in [0.25, 0.3) is 0 Å². The second-order valence-corrected chi connectivity index (χ2v) is 6.07. The molecule has 3 nitrogen and oxygen atoms in total. The minimum absolute atomic E-state index is 0.169. The van der Waals surface area contributed by atoms with Crippen molar-refractivity contribution >= 4 is 0 Å². The first-order chi connectivity index (χ1) is 11.3. The van der Waals surface area contributed by atoms with Crippen molar-refractivity contribution in [3.05, 3.63) is 65.7 Å². The minimum Gasteiger partial charge on any atom is -0.377 e. The zero-order valence-corrected chi connectivity index (χ0v) is 13.3. The van der Waals surface area contributed by atoms with Gasteiger partial charge in [0.15, 0.2) is 0 Å². The lowest BCUT2D eigenvalue weighted by Gasteiger charge is -2.25. The van der Waals surface area contributed by atoms with Crippen molar-refractivity contribution in [2.75, 3.05) is 19.7 Å². The van der Waals surface area contributed by atoms with Crippen molar-refractivity contribution in [2.45, 2.75) is 31.9 Å². The molecule has 1 atom stereocenters. The Morgan fingerprint density at radius 3 is 2.91 bits per heavy atom. The molecular formula is C19H23FN2O. The van der Waals surface area contributed by atoms with E-state index in [0.717, 1.165) is 56.8 Å². The first-order valence-corrected chi connectivity index (χ1v) is 8.28. The molecule has 0 radical (unpaired) electrons. The zero-order chi connectivity index (χ0) is 15.9. The molecule has 1 unspecified atom stereocenters. The molecule has 0 bridgehead atoms. The van der Waals surface area contributed by atoms with Crippen LogP contribution >= 0.6 is 0 Å². The summed E-state index contributed by atoms with van der Waals surface area (Å²) in [5.41, 5.74) is 2.09. The Balaban J connectivity index is 1.61. The molecule has 0 amide bonds. The third kappa shape index (κ3) is 5.12. The summed E-state index contributed by atoms with van der Waals surface area (Å²) in [7, 11) is 0. The van der Waals surface area contributed by atoms with Crippen molar-refractivity contribution < 1.29 is 9.13 Å². The van der Waals surface area contributed by atoms with Gasteiger partial charge >= 0.3 is 0 Å². The second-order valence-electron chi connectivity index (χ2n) is 6.07. The topological polar surface area (TPSA) is 25.4 Å². The molecule has 122 valence electrons. The van der Waals surface area contributed by atoms with Crippen LogP contribution in [0.15, 0.2) is 48.7 Å². The number of aromatic nitrogens is 1. The molecule has 1 aromatic carbocycles. The Labute approximate surface area is 137 Å². The normalized spacial score (nSPS) is 17.7. The molecule has 3 rings (SSSR count). The lowest BCUT2D eigenvalue weighted by molar-refractivity contribution is 0.0705. The van der Waals surface area contributed by atoms with Gasteiger partial charge in [-0.2, -0.15) is 0 Å². The second kappa shape index (κ2) is 8.18. The Morgan fingerprint density at radius 1 is 1.22 bits per heavy atom. The van der Waals surface area contributed by atoms with Crippen molar-refractivity contribution in [1.29, 1.82) is 0 Å². The maximum Gasteiger partial charge on any atom is 0.123 e. The van der Waals surface area contributed by atoms with Crippen molar-refractivity contribution in [3.63, 3.8) is 0 Å². The van der Waals surface area contributed by atoms with Gasteiger partial charge in [0.1, 0.15) is 5.82 Å². The summed E-state index contributed by atoms with van der Waals surface area (Å²) in [4.78, 5) is 6.78. The van der Waals surface area contributed by atoms with Crippen LogP contribution in [0.4, 0.5) is 4.39 Å². The van der Waals surface area contributed by atoms with E-state index in [1.165, 1.54) is 6.07 Å². The van der Waals surface area contributed by atoms with Crippen LogP contribution in [0.1, 0.15) is 24.1 Å². The van der Waals surface area contributed by atoms with E-state index in [1.807, 2.05) is 30.5 Å². The van der Waals surface area contributed by atoms with Gasteiger partial charge in [0.05, 0.1) is 11.8 Å².